The Morgan fingerprint density at radius 3 is 2.57 bits per heavy atom. The van der Waals surface area contributed by atoms with Gasteiger partial charge in [-0.3, -0.25) is 0 Å². The van der Waals surface area contributed by atoms with Crippen molar-refractivity contribution >= 4 is 0 Å². The van der Waals surface area contributed by atoms with Crippen molar-refractivity contribution in [3.05, 3.63) is 11.7 Å². The van der Waals surface area contributed by atoms with E-state index in [0.29, 0.717) is 13.0 Å². The van der Waals surface area contributed by atoms with Crippen LogP contribution in [0.3, 0.4) is 0 Å². The molecule has 1 aliphatic heterocycles. The summed E-state index contributed by atoms with van der Waals surface area (Å²) in [7, 11) is 0. The fraction of sp³-hybridized carbons (Fsp3) is 0.500. The van der Waals surface area contributed by atoms with Crippen molar-refractivity contribution in [1.82, 2.24) is 0 Å². The molecule has 0 aromatic rings. The van der Waals surface area contributed by atoms with E-state index < -0.39 is 0 Å². The van der Waals surface area contributed by atoms with Crippen LogP contribution in [0.5, 0.6) is 0 Å². The highest BCUT2D eigenvalue weighted by Crippen LogP contribution is 2.14. The number of ether oxygens (including phenoxy) is 1. The van der Waals surface area contributed by atoms with Crippen LogP contribution in [-0.2, 0) is 4.74 Å². The van der Waals surface area contributed by atoms with E-state index in [4.69, 9.17) is 5.73 Å². The summed E-state index contributed by atoms with van der Waals surface area (Å²) in [6, 6.07) is 0. The maximum Gasteiger partial charge on any atom is 0.216 e. The monoisotopic (exact) mass is 103 g/mol. The molecule has 0 unspecified atom stereocenters. The zero-order valence-electron chi connectivity index (χ0n) is 3.78. The van der Waals surface area contributed by atoms with E-state index in [-0.39, 0.29) is 11.7 Å². The molecule has 0 bridgehead atoms. The highest BCUT2D eigenvalue weighted by Gasteiger charge is 2.10. The molecule has 40 valence electrons. The predicted octanol–water partition coefficient (Wildman–Crippen LogP) is 0.504. The standard InChI is InChI=1S/C4H6FNO/c5-3-1-2-7-4(3)6/h1-2,6H2. The number of halogens is 1. The van der Waals surface area contributed by atoms with Crippen LogP contribution in [0, 0.1) is 0 Å². The van der Waals surface area contributed by atoms with Gasteiger partial charge in [0.1, 0.15) is 0 Å². The summed E-state index contributed by atoms with van der Waals surface area (Å²) < 4.78 is 16.5. The van der Waals surface area contributed by atoms with Gasteiger partial charge < -0.3 is 10.5 Å². The molecule has 1 heterocycles. The van der Waals surface area contributed by atoms with Gasteiger partial charge in [0.05, 0.1) is 6.61 Å². The summed E-state index contributed by atoms with van der Waals surface area (Å²) in [6.07, 6.45) is 0.339. The van der Waals surface area contributed by atoms with Gasteiger partial charge in [0.15, 0.2) is 5.83 Å². The number of rotatable bonds is 0. The van der Waals surface area contributed by atoms with Gasteiger partial charge in [-0.1, -0.05) is 0 Å². The SMILES string of the molecule is NC1=C(F)CCO1. The van der Waals surface area contributed by atoms with Crippen LogP contribution in [0.25, 0.3) is 0 Å². The van der Waals surface area contributed by atoms with Crippen molar-refractivity contribution in [2.45, 2.75) is 6.42 Å². The van der Waals surface area contributed by atoms with Gasteiger partial charge >= 0.3 is 0 Å². The van der Waals surface area contributed by atoms with Crippen LogP contribution in [0.2, 0.25) is 0 Å². The molecular weight excluding hydrogens is 97.0 g/mol. The molecule has 0 aromatic heterocycles. The Morgan fingerprint density at radius 1 is 1.71 bits per heavy atom. The molecule has 2 nitrogen and oxygen atoms in total. The molecule has 0 saturated carbocycles. The fourth-order valence-corrected chi connectivity index (χ4v) is 0.452. The second-order valence-electron chi connectivity index (χ2n) is 1.37. The molecule has 0 fully saturated rings. The van der Waals surface area contributed by atoms with Crippen LogP contribution in [0.1, 0.15) is 6.42 Å². The Morgan fingerprint density at radius 2 is 2.43 bits per heavy atom. The van der Waals surface area contributed by atoms with Crippen molar-refractivity contribution in [3.63, 3.8) is 0 Å². The van der Waals surface area contributed by atoms with Gasteiger partial charge in [-0.25, -0.2) is 4.39 Å². The molecule has 0 radical (unpaired) electrons. The smallest absolute Gasteiger partial charge is 0.216 e. The first-order valence-electron chi connectivity index (χ1n) is 2.07. The third-order valence-electron chi connectivity index (χ3n) is 0.846. The molecule has 0 amide bonds. The minimum absolute atomic E-state index is 0.0417. The second kappa shape index (κ2) is 1.40. The first kappa shape index (κ1) is 4.43. The summed E-state index contributed by atoms with van der Waals surface area (Å²) in [4.78, 5) is 0. The summed E-state index contributed by atoms with van der Waals surface area (Å²) >= 11 is 0. The fourth-order valence-electron chi connectivity index (χ4n) is 0.452. The summed E-state index contributed by atoms with van der Waals surface area (Å²) in [5, 5.41) is 0. The van der Waals surface area contributed by atoms with Crippen molar-refractivity contribution in [2.24, 2.45) is 5.73 Å². The largest absolute Gasteiger partial charge is 0.477 e. The van der Waals surface area contributed by atoms with E-state index in [1.165, 1.54) is 0 Å². The Hall–Kier alpha value is -0.730. The van der Waals surface area contributed by atoms with Crippen LogP contribution >= 0.6 is 0 Å². The first-order valence-corrected chi connectivity index (χ1v) is 2.07. The molecule has 0 saturated heterocycles. The topological polar surface area (TPSA) is 35.2 Å². The van der Waals surface area contributed by atoms with Crippen molar-refractivity contribution < 1.29 is 9.13 Å². The third-order valence-corrected chi connectivity index (χ3v) is 0.846. The lowest BCUT2D eigenvalue weighted by Crippen LogP contribution is -1.96. The molecule has 0 atom stereocenters. The molecular formula is C4H6FNO. The lowest BCUT2D eigenvalue weighted by molar-refractivity contribution is 0.241. The lowest BCUT2D eigenvalue weighted by Gasteiger charge is -1.89. The molecule has 2 N–H and O–H groups in total. The normalized spacial score (nSPS) is 20.1. The Balaban J connectivity index is 2.64. The van der Waals surface area contributed by atoms with Gasteiger partial charge in [-0.2, -0.15) is 0 Å². The molecule has 3 heteroatoms. The maximum absolute atomic E-state index is 11.9. The first-order chi connectivity index (χ1) is 3.30. The van der Waals surface area contributed by atoms with Gasteiger partial charge in [0.25, 0.3) is 0 Å². The van der Waals surface area contributed by atoms with Gasteiger partial charge in [0.2, 0.25) is 5.88 Å². The molecule has 0 aliphatic carbocycles. The average Bonchev–Trinajstić information content (AvgIpc) is 1.91. The Labute approximate surface area is 40.8 Å². The van der Waals surface area contributed by atoms with E-state index in [1.807, 2.05) is 0 Å². The molecule has 0 aromatic carbocycles. The van der Waals surface area contributed by atoms with Crippen molar-refractivity contribution in [2.75, 3.05) is 6.61 Å². The van der Waals surface area contributed by atoms with E-state index >= 15 is 0 Å². The summed E-state index contributed by atoms with van der Waals surface area (Å²) in [5.74, 6) is -0.361. The molecule has 1 aliphatic rings. The number of hydrogen-bond donors (Lipinski definition) is 1. The summed E-state index contributed by atoms with van der Waals surface area (Å²) in [5.41, 5.74) is 4.96. The number of hydrogen-bond acceptors (Lipinski definition) is 2. The quantitative estimate of drug-likeness (QED) is 0.484. The minimum Gasteiger partial charge on any atom is -0.477 e. The van der Waals surface area contributed by atoms with E-state index in [9.17, 15) is 4.39 Å². The second-order valence-corrected chi connectivity index (χ2v) is 1.37. The maximum atomic E-state index is 11.9. The molecule has 1 rings (SSSR count). The van der Waals surface area contributed by atoms with Gasteiger partial charge in [-0.05, 0) is 0 Å². The van der Waals surface area contributed by atoms with Crippen LogP contribution in [0.4, 0.5) is 4.39 Å². The zero-order chi connectivity index (χ0) is 5.28. The summed E-state index contributed by atoms with van der Waals surface area (Å²) in [6.45, 7) is 0.400. The van der Waals surface area contributed by atoms with Crippen molar-refractivity contribution in [3.8, 4) is 0 Å². The molecule has 7 heavy (non-hydrogen) atoms. The highest BCUT2D eigenvalue weighted by atomic mass is 19.1. The zero-order valence-corrected chi connectivity index (χ0v) is 3.78. The van der Waals surface area contributed by atoms with Gasteiger partial charge in [0, 0.05) is 6.42 Å². The predicted molar refractivity (Wildman–Crippen MR) is 22.9 cm³/mol. The van der Waals surface area contributed by atoms with E-state index in [2.05, 4.69) is 4.74 Å². The molecule has 0 spiro atoms. The Bertz CT molecular complexity index is 98.3. The lowest BCUT2D eigenvalue weighted by atomic mass is 10.4. The van der Waals surface area contributed by atoms with Gasteiger partial charge in [-0.15, -0.1) is 0 Å². The van der Waals surface area contributed by atoms with E-state index in [0.717, 1.165) is 0 Å². The highest BCUT2D eigenvalue weighted by molar-refractivity contribution is 5.00. The van der Waals surface area contributed by atoms with Crippen LogP contribution in [-0.4, -0.2) is 6.61 Å². The average molecular weight is 103 g/mol. The van der Waals surface area contributed by atoms with Crippen molar-refractivity contribution in [1.29, 1.82) is 0 Å². The minimum atomic E-state index is -0.319. The van der Waals surface area contributed by atoms with Crippen LogP contribution < -0.4 is 5.73 Å². The third kappa shape index (κ3) is 0.656. The number of nitrogens with two attached hydrogens (primary N) is 1. The van der Waals surface area contributed by atoms with E-state index in [1.54, 1.807) is 0 Å². The van der Waals surface area contributed by atoms with Crippen LogP contribution in [0.15, 0.2) is 11.7 Å². The Kier molecular flexibility index (Phi) is 0.889.